The smallest absolute Gasteiger partial charge is 0.140 e. The summed E-state index contributed by atoms with van der Waals surface area (Å²) in [5.74, 6) is 3.74. The van der Waals surface area contributed by atoms with Crippen molar-refractivity contribution in [2.24, 2.45) is 5.92 Å². The molecule has 0 amide bonds. The fraction of sp³-hybridized carbons (Fsp3) is 0.765. The van der Waals surface area contributed by atoms with Crippen LogP contribution in [0.3, 0.4) is 0 Å². The Bertz CT molecular complexity index is 497. The second kappa shape index (κ2) is 6.80. The normalized spacial score (nSPS) is 27.1. The van der Waals surface area contributed by atoms with Gasteiger partial charge in [-0.2, -0.15) is 0 Å². The van der Waals surface area contributed by atoms with Gasteiger partial charge in [0.2, 0.25) is 0 Å². The zero-order valence-corrected chi connectivity index (χ0v) is 15.1. The summed E-state index contributed by atoms with van der Waals surface area (Å²) < 4.78 is 1.10. The second-order valence-electron chi connectivity index (χ2n) is 6.79. The van der Waals surface area contributed by atoms with Gasteiger partial charge in [-0.15, -0.1) is 0 Å². The fourth-order valence-electron chi connectivity index (χ4n) is 4.05. The molecule has 0 radical (unpaired) electrons. The van der Waals surface area contributed by atoms with Crippen LogP contribution in [0.25, 0.3) is 0 Å². The average Bonchev–Trinajstić information content (AvgIpc) is 3.04. The van der Waals surface area contributed by atoms with E-state index in [-0.39, 0.29) is 0 Å². The summed E-state index contributed by atoms with van der Waals surface area (Å²) in [5.41, 5.74) is 7.45. The molecule has 0 saturated heterocycles. The number of halogens is 1. The van der Waals surface area contributed by atoms with Gasteiger partial charge in [-0.3, -0.25) is 0 Å². The van der Waals surface area contributed by atoms with E-state index in [1.165, 1.54) is 63.5 Å². The third-order valence-electron chi connectivity index (χ3n) is 5.39. The van der Waals surface area contributed by atoms with Gasteiger partial charge in [-0.05, 0) is 54.2 Å². The van der Waals surface area contributed by atoms with E-state index in [1.54, 1.807) is 0 Å². The van der Waals surface area contributed by atoms with Crippen molar-refractivity contribution in [3.63, 3.8) is 0 Å². The first-order valence-electron chi connectivity index (χ1n) is 8.51. The maximum absolute atomic E-state index is 6.20. The zero-order valence-electron chi connectivity index (χ0n) is 12.9. The van der Waals surface area contributed by atoms with Crippen molar-refractivity contribution in [2.45, 2.75) is 76.5 Å². The van der Waals surface area contributed by atoms with Crippen LogP contribution < -0.4 is 5.73 Å². The molecule has 2 unspecified atom stereocenters. The largest absolute Gasteiger partial charge is 0.383 e. The molecule has 0 bridgehead atoms. The third kappa shape index (κ3) is 3.35. The number of hydrogen-bond donors (Lipinski definition) is 1. The monoisotopic (exact) mass is 399 g/mol. The molecule has 3 nitrogen and oxygen atoms in total. The summed E-state index contributed by atoms with van der Waals surface area (Å²) in [6.45, 7) is 2.31. The van der Waals surface area contributed by atoms with Gasteiger partial charge in [0.05, 0.1) is 9.26 Å². The maximum atomic E-state index is 6.20. The van der Waals surface area contributed by atoms with E-state index in [0.29, 0.717) is 17.7 Å². The first-order chi connectivity index (χ1) is 10.2. The predicted octanol–water partition coefficient (Wildman–Crippen LogP) is 5.00. The van der Waals surface area contributed by atoms with Crippen LogP contribution >= 0.6 is 22.6 Å². The minimum atomic E-state index is 0.531. The van der Waals surface area contributed by atoms with E-state index in [9.17, 15) is 0 Å². The molecule has 1 aromatic rings. The van der Waals surface area contributed by atoms with Gasteiger partial charge in [0, 0.05) is 11.8 Å². The van der Waals surface area contributed by atoms with Crippen molar-refractivity contribution in [3.8, 4) is 0 Å². The van der Waals surface area contributed by atoms with Gasteiger partial charge >= 0.3 is 0 Å². The Balaban J connectivity index is 1.88. The van der Waals surface area contributed by atoms with Crippen LogP contribution in [-0.4, -0.2) is 9.97 Å². The molecule has 116 valence electrons. The van der Waals surface area contributed by atoms with Crippen LogP contribution in [0, 0.1) is 9.49 Å². The van der Waals surface area contributed by atoms with Gasteiger partial charge in [0.25, 0.3) is 0 Å². The van der Waals surface area contributed by atoms with E-state index < -0.39 is 0 Å². The van der Waals surface area contributed by atoms with Crippen molar-refractivity contribution in [1.82, 2.24) is 9.97 Å². The highest BCUT2D eigenvalue weighted by molar-refractivity contribution is 14.1. The van der Waals surface area contributed by atoms with Crippen molar-refractivity contribution in [2.75, 3.05) is 5.73 Å². The lowest BCUT2D eigenvalue weighted by molar-refractivity contribution is 0.306. The highest BCUT2D eigenvalue weighted by atomic mass is 127. The summed E-state index contributed by atoms with van der Waals surface area (Å²) in [6.07, 6.45) is 11.7. The van der Waals surface area contributed by atoms with Gasteiger partial charge < -0.3 is 5.73 Å². The Hall–Kier alpha value is -0.390. The minimum absolute atomic E-state index is 0.531. The van der Waals surface area contributed by atoms with Crippen LogP contribution in [-0.2, 0) is 0 Å². The molecular formula is C17H26IN3. The van der Waals surface area contributed by atoms with E-state index in [2.05, 4.69) is 34.5 Å². The van der Waals surface area contributed by atoms with E-state index in [4.69, 9.17) is 10.7 Å². The SMILES string of the molecule is CCC1CCCC(c2nc(N)c(I)c(C3CCCC3)n2)C1. The number of nitrogen functional groups attached to an aromatic ring is 1. The van der Waals surface area contributed by atoms with Crippen LogP contribution in [0.5, 0.6) is 0 Å². The van der Waals surface area contributed by atoms with Crippen molar-refractivity contribution in [1.29, 1.82) is 0 Å². The number of nitrogens with zero attached hydrogens (tertiary/aromatic N) is 2. The van der Waals surface area contributed by atoms with Gasteiger partial charge in [0.15, 0.2) is 0 Å². The average molecular weight is 399 g/mol. The lowest BCUT2D eigenvalue weighted by atomic mass is 9.80. The Morgan fingerprint density at radius 1 is 1.05 bits per heavy atom. The second-order valence-corrected chi connectivity index (χ2v) is 7.86. The number of rotatable bonds is 3. The molecule has 2 saturated carbocycles. The number of hydrogen-bond acceptors (Lipinski definition) is 3. The molecule has 2 fully saturated rings. The van der Waals surface area contributed by atoms with Crippen LogP contribution in [0.15, 0.2) is 0 Å². The molecule has 2 aliphatic carbocycles. The Kier molecular flexibility index (Phi) is 5.02. The van der Waals surface area contributed by atoms with Crippen molar-refractivity contribution >= 4 is 28.4 Å². The van der Waals surface area contributed by atoms with E-state index >= 15 is 0 Å². The standard InChI is InChI=1S/C17H26IN3/c1-2-11-6-5-9-13(10-11)17-20-15(12-7-3-4-8-12)14(18)16(19)21-17/h11-13H,2-10H2,1H3,(H2,19,20,21). The number of anilines is 1. The lowest BCUT2D eigenvalue weighted by Crippen LogP contribution is -2.18. The summed E-state index contributed by atoms with van der Waals surface area (Å²) in [5, 5.41) is 0. The topological polar surface area (TPSA) is 51.8 Å². The molecule has 2 atom stereocenters. The summed E-state index contributed by atoms with van der Waals surface area (Å²) >= 11 is 2.34. The molecule has 1 heterocycles. The van der Waals surface area contributed by atoms with E-state index in [1.807, 2.05) is 0 Å². The van der Waals surface area contributed by atoms with Gasteiger partial charge in [-0.25, -0.2) is 9.97 Å². The first kappa shape index (κ1) is 15.5. The molecule has 0 aromatic carbocycles. The molecule has 21 heavy (non-hydrogen) atoms. The molecule has 2 N–H and O–H groups in total. The first-order valence-corrected chi connectivity index (χ1v) is 9.59. The lowest BCUT2D eigenvalue weighted by Gasteiger charge is -2.28. The molecular weight excluding hydrogens is 373 g/mol. The van der Waals surface area contributed by atoms with Crippen molar-refractivity contribution in [3.05, 3.63) is 15.1 Å². The molecule has 0 aliphatic heterocycles. The summed E-state index contributed by atoms with van der Waals surface area (Å²) in [6, 6.07) is 0. The summed E-state index contributed by atoms with van der Waals surface area (Å²) in [4.78, 5) is 9.67. The predicted molar refractivity (Wildman–Crippen MR) is 95.4 cm³/mol. The quantitative estimate of drug-likeness (QED) is 0.728. The number of aromatic nitrogens is 2. The minimum Gasteiger partial charge on any atom is -0.383 e. The van der Waals surface area contributed by atoms with Crippen LogP contribution in [0.2, 0.25) is 0 Å². The highest BCUT2D eigenvalue weighted by Crippen LogP contribution is 2.40. The fourth-order valence-corrected chi connectivity index (χ4v) is 4.73. The Labute approximate surface area is 141 Å². The molecule has 1 aromatic heterocycles. The molecule has 2 aliphatic rings. The van der Waals surface area contributed by atoms with Crippen LogP contribution in [0.4, 0.5) is 5.82 Å². The Morgan fingerprint density at radius 2 is 1.76 bits per heavy atom. The van der Waals surface area contributed by atoms with Gasteiger partial charge in [0.1, 0.15) is 11.6 Å². The van der Waals surface area contributed by atoms with Crippen molar-refractivity contribution < 1.29 is 0 Å². The number of nitrogens with two attached hydrogens (primary N) is 1. The highest BCUT2D eigenvalue weighted by Gasteiger charge is 2.28. The third-order valence-corrected chi connectivity index (χ3v) is 6.49. The molecule has 4 heteroatoms. The Morgan fingerprint density at radius 3 is 2.48 bits per heavy atom. The molecule has 3 rings (SSSR count). The summed E-state index contributed by atoms with van der Waals surface area (Å²) in [7, 11) is 0. The van der Waals surface area contributed by atoms with E-state index in [0.717, 1.165) is 15.3 Å². The van der Waals surface area contributed by atoms with Gasteiger partial charge in [-0.1, -0.05) is 39.0 Å². The molecule has 0 spiro atoms. The maximum Gasteiger partial charge on any atom is 0.140 e. The zero-order chi connectivity index (χ0) is 14.8. The van der Waals surface area contributed by atoms with Crippen LogP contribution in [0.1, 0.15) is 88.1 Å².